The molecule has 0 fully saturated rings. The minimum atomic E-state index is -0.0351. The molecule has 0 aliphatic carbocycles. The van der Waals surface area contributed by atoms with Gasteiger partial charge in [-0.15, -0.1) is 0 Å². The van der Waals surface area contributed by atoms with Crippen molar-refractivity contribution < 1.29 is 4.79 Å². The Hall–Kier alpha value is -1.06. The van der Waals surface area contributed by atoms with Gasteiger partial charge in [0.25, 0.3) is 0 Å². The normalized spacial score (nSPS) is 16.2. The molecule has 92 valence electrons. The number of anilines is 1. The largest absolute Gasteiger partial charge is 0.326 e. The molecule has 0 atom stereocenters. The average Bonchev–Trinajstić information content (AvgIpc) is 2.45. The summed E-state index contributed by atoms with van der Waals surface area (Å²) in [6.45, 7) is 3.54. The molecule has 1 aromatic rings. The van der Waals surface area contributed by atoms with Crippen LogP contribution in [0.2, 0.25) is 5.02 Å². The maximum Gasteiger partial charge on any atom is 0.221 e. The Labute approximate surface area is 107 Å². The van der Waals surface area contributed by atoms with Gasteiger partial charge >= 0.3 is 0 Å². The van der Waals surface area contributed by atoms with Crippen molar-refractivity contribution in [2.45, 2.75) is 19.8 Å². The molecule has 3 nitrogen and oxygen atoms in total. The average molecular weight is 253 g/mol. The van der Waals surface area contributed by atoms with Crippen LogP contribution in [0, 0.1) is 0 Å². The van der Waals surface area contributed by atoms with E-state index >= 15 is 0 Å². The fraction of sp³-hybridized carbons (Fsp3) is 0.462. The zero-order valence-corrected chi connectivity index (χ0v) is 11.0. The van der Waals surface area contributed by atoms with Crippen LogP contribution in [0.3, 0.4) is 0 Å². The lowest BCUT2D eigenvalue weighted by atomic mass is 10.0. The Morgan fingerprint density at radius 1 is 1.29 bits per heavy atom. The Morgan fingerprint density at radius 2 is 1.94 bits per heavy atom. The molecule has 0 aromatic heterocycles. The fourth-order valence-corrected chi connectivity index (χ4v) is 2.52. The third-order valence-corrected chi connectivity index (χ3v) is 3.53. The molecule has 0 unspecified atom stereocenters. The van der Waals surface area contributed by atoms with Crippen LogP contribution in [0.4, 0.5) is 5.69 Å². The highest BCUT2D eigenvalue weighted by atomic mass is 35.5. The third kappa shape index (κ3) is 2.79. The summed E-state index contributed by atoms with van der Waals surface area (Å²) in [5.74, 6) is -0.0351. The van der Waals surface area contributed by atoms with E-state index in [1.165, 1.54) is 18.1 Å². The minimum absolute atomic E-state index is 0.0351. The quantitative estimate of drug-likeness (QED) is 0.832. The zero-order chi connectivity index (χ0) is 12.4. The number of benzene rings is 1. The number of rotatable bonds is 1. The maximum atomic E-state index is 11.2. The van der Waals surface area contributed by atoms with Crippen molar-refractivity contribution in [2.24, 2.45) is 0 Å². The number of carbonyl (C=O) groups is 1. The van der Waals surface area contributed by atoms with Crippen molar-refractivity contribution in [3.63, 3.8) is 0 Å². The highest BCUT2D eigenvalue weighted by molar-refractivity contribution is 6.31. The van der Waals surface area contributed by atoms with Crippen molar-refractivity contribution in [3.05, 3.63) is 28.3 Å². The summed E-state index contributed by atoms with van der Waals surface area (Å²) in [4.78, 5) is 13.5. The van der Waals surface area contributed by atoms with Crippen LogP contribution in [0.1, 0.15) is 18.1 Å². The first kappa shape index (κ1) is 12.4. The van der Waals surface area contributed by atoms with Gasteiger partial charge in [0.15, 0.2) is 0 Å². The monoisotopic (exact) mass is 252 g/mol. The standard InChI is InChI=1S/C13H17ClN2O/c1-9(17)15-13-4-3-12(14)10-5-7-16(2)8-6-11(10)13/h3-4H,5-8H2,1-2H3,(H,15,17). The second-order valence-corrected chi connectivity index (χ2v) is 4.94. The fourth-order valence-electron chi connectivity index (χ4n) is 2.24. The van der Waals surface area contributed by atoms with Crippen LogP contribution >= 0.6 is 11.6 Å². The molecule has 1 aromatic carbocycles. The van der Waals surface area contributed by atoms with Crippen molar-refractivity contribution >= 4 is 23.2 Å². The van der Waals surface area contributed by atoms with E-state index in [2.05, 4.69) is 17.3 Å². The molecule has 2 rings (SSSR count). The molecule has 1 aliphatic rings. The van der Waals surface area contributed by atoms with Crippen LogP contribution in [0.5, 0.6) is 0 Å². The van der Waals surface area contributed by atoms with Gasteiger partial charge in [0, 0.05) is 30.7 Å². The number of hydrogen-bond donors (Lipinski definition) is 1. The smallest absolute Gasteiger partial charge is 0.221 e. The Bertz CT molecular complexity index is 445. The summed E-state index contributed by atoms with van der Waals surface area (Å²) in [5, 5.41) is 3.70. The van der Waals surface area contributed by atoms with Crippen molar-refractivity contribution in [1.29, 1.82) is 0 Å². The number of hydrogen-bond acceptors (Lipinski definition) is 2. The van der Waals surface area contributed by atoms with Crippen LogP contribution < -0.4 is 5.32 Å². The third-order valence-electron chi connectivity index (χ3n) is 3.17. The molecule has 4 heteroatoms. The van der Waals surface area contributed by atoms with E-state index in [1.54, 1.807) is 0 Å². The van der Waals surface area contributed by atoms with Crippen LogP contribution in [-0.4, -0.2) is 30.9 Å². The van der Waals surface area contributed by atoms with Crippen LogP contribution in [0.25, 0.3) is 0 Å². The molecule has 17 heavy (non-hydrogen) atoms. The number of likely N-dealkylation sites (N-methyl/N-ethyl adjacent to an activating group) is 1. The van der Waals surface area contributed by atoms with E-state index in [4.69, 9.17) is 11.6 Å². The summed E-state index contributed by atoms with van der Waals surface area (Å²) >= 11 is 6.24. The van der Waals surface area contributed by atoms with Gasteiger partial charge in [-0.25, -0.2) is 0 Å². The molecule has 0 saturated heterocycles. The molecular weight excluding hydrogens is 236 g/mol. The Balaban J connectivity index is 2.40. The topological polar surface area (TPSA) is 32.3 Å². The lowest BCUT2D eigenvalue weighted by Gasteiger charge is -2.13. The van der Waals surface area contributed by atoms with E-state index in [-0.39, 0.29) is 5.91 Å². The summed E-state index contributed by atoms with van der Waals surface area (Å²) < 4.78 is 0. The maximum absolute atomic E-state index is 11.2. The number of amides is 1. The van der Waals surface area contributed by atoms with E-state index in [1.807, 2.05) is 12.1 Å². The molecule has 1 aliphatic heterocycles. The van der Waals surface area contributed by atoms with Gasteiger partial charge in [-0.2, -0.15) is 0 Å². The number of halogens is 1. The van der Waals surface area contributed by atoms with Gasteiger partial charge in [0.1, 0.15) is 0 Å². The number of nitrogens with one attached hydrogen (secondary N) is 1. The zero-order valence-electron chi connectivity index (χ0n) is 10.2. The summed E-state index contributed by atoms with van der Waals surface area (Å²) in [6.07, 6.45) is 1.88. The van der Waals surface area contributed by atoms with E-state index < -0.39 is 0 Å². The van der Waals surface area contributed by atoms with Gasteiger partial charge in [-0.05, 0) is 43.1 Å². The number of nitrogens with zero attached hydrogens (tertiary/aromatic N) is 1. The van der Waals surface area contributed by atoms with Crippen LogP contribution in [0.15, 0.2) is 12.1 Å². The lowest BCUT2D eigenvalue weighted by molar-refractivity contribution is -0.114. The summed E-state index contributed by atoms with van der Waals surface area (Å²) in [7, 11) is 2.11. The molecule has 0 bridgehead atoms. The molecule has 0 saturated carbocycles. The summed E-state index contributed by atoms with van der Waals surface area (Å²) in [6, 6.07) is 3.77. The highest BCUT2D eigenvalue weighted by Gasteiger charge is 2.17. The predicted octanol–water partition coefficient (Wildman–Crippen LogP) is 2.33. The number of fused-ring (bicyclic) bond motifs is 1. The second kappa shape index (κ2) is 5.07. The van der Waals surface area contributed by atoms with Crippen molar-refractivity contribution in [3.8, 4) is 0 Å². The van der Waals surface area contributed by atoms with Gasteiger partial charge in [0.2, 0.25) is 5.91 Å². The van der Waals surface area contributed by atoms with Crippen LogP contribution in [-0.2, 0) is 17.6 Å². The van der Waals surface area contributed by atoms with E-state index in [0.717, 1.165) is 36.6 Å². The first-order chi connectivity index (χ1) is 8.08. The predicted molar refractivity (Wildman–Crippen MR) is 70.7 cm³/mol. The van der Waals surface area contributed by atoms with Gasteiger partial charge in [0.05, 0.1) is 0 Å². The van der Waals surface area contributed by atoms with Gasteiger partial charge < -0.3 is 10.2 Å². The Kier molecular flexibility index (Phi) is 3.69. The molecule has 1 amide bonds. The van der Waals surface area contributed by atoms with E-state index in [0.29, 0.717) is 0 Å². The first-order valence-electron chi connectivity index (χ1n) is 5.84. The Morgan fingerprint density at radius 3 is 2.59 bits per heavy atom. The lowest BCUT2D eigenvalue weighted by Crippen LogP contribution is -2.20. The van der Waals surface area contributed by atoms with Gasteiger partial charge in [-0.1, -0.05) is 11.6 Å². The van der Waals surface area contributed by atoms with E-state index in [9.17, 15) is 4.79 Å². The second-order valence-electron chi connectivity index (χ2n) is 4.54. The van der Waals surface area contributed by atoms with Gasteiger partial charge in [-0.3, -0.25) is 4.79 Å². The molecule has 0 spiro atoms. The SMILES string of the molecule is CC(=O)Nc1ccc(Cl)c2c1CCN(C)CC2. The minimum Gasteiger partial charge on any atom is -0.326 e. The highest BCUT2D eigenvalue weighted by Crippen LogP contribution is 2.30. The molecular formula is C13H17ClN2O. The molecule has 0 radical (unpaired) electrons. The van der Waals surface area contributed by atoms with Crippen molar-refractivity contribution in [1.82, 2.24) is 4.90 Å². The molecule has 1 heterocycles. The van der Waals surface area contributed by atoms with Crippen molar-refractivity contribution in [2.75, 3.05) is 25.5 Å². The first-order valence-corrected chi connectivity index (χ1v) is 6.22. The molecule has 1 N–H and O–H groups in total. The number of carbonyl (C=O) groups excluding carboxylic acids is 1. The summed E-state index contributed by atoms with van der Waals surface area (Å²) in [5.41, 5.74) is 3.28.